The van der Waals surface area contributed by atoms with Gasteiger partial charge in [0.2, 0.25) is 0 Å². The molecule has 2 rings (SSSR count). The number of carbonyl (C=O) groups is 1. The zero-order chi connectivity index (χ0) is 13.7. The summed E-state index contributed by atoms with van der Waals surface area (Å²) in [7, 11) is 0. The van der Waals surface area contributed by atoms with Crippen molar-refractivity contribution in [2.75, 3.05) is 12.3 Å². The molecule has 0 saturated heterocycles. The van der Waals surface area contributed by atoms with E-state index in [0.29, 0.717) is 24.3 Å². The zero-order valence-electron chi connectivity index (χ0n) is 10.9. The molecule has 0 spiro atoms. The monoisotopic (exact) mass is 255 g/mol. The Hall–Kier alpha value is -2.29. The highest BCUT2D eigenvalue weighted by Crippen LogP contribution is 2.14. The Labute approximate surface area is 113 Å². The van der Waals surface area contributed by atoms with E-state index in [1.54, 1.807) is 24.3 Å². The van der Waals surface area contributed by atoms with Gasteiger partial charge in [-0.25, -0.2) is 0 Å². The van der Waals surface area contributed by atoms with Crippen molar-refractivity contribution < 1.29 is 9.53 Å². The third kappa shape index (κ3) is 3.58. The van der Waals surface area contributed by atoms with Crippen LogP contribution in [0.2, 0.25) is 0 Å². The number of hydrogen-bond donors (Lipinski definition) is 1. The third-order valence-electron chi connectivity index (χ3n) is 2.83. The topological polar surface area (TPSA) is 52.3 Å². The Balaban J connectivity index is 2.05. The number of nitrogens with two attached hydrogens (primary N) is 1. The predicted octanol–water partition coefficient (Wildman–Crippen LogP) is 3.09. The molecule has 0 aromatic heterocycles. The summed E-state index contributed by atoms with van der Waals surface area (Å²) in [4.78, 5) is 12.1. The average Bonchev–Trinajstić information content (AvgIpc) is 2.42. The van der Waals surface area contributed by atoms with Crippen molar-refractivity contribution in [1.29, 1.82) is 0 Å². The van der Waals surface area contributed by atoms with Crippen molar-refractivity contribution in [3.8, 4) is 5.75 Å². The van der Waals surface area contributed by atoms with Gasteiger partial charge in [-0.1, -0.05) is 12.1 Å². The molecule has 3 heteroatoms. The van der Waals surface area contributed by atoms with E-state index in [1.807, 2.05) is 31.2 Å². The van der Waals surface area contributed by atoms with Gasteiger partial charge < -0.3 is 10.5 Å². The number of hydrogen-bond acceptors (Lipinski definition) is 3. The lowest BCUT2D eigenvalue weighted by Gasteiger charge is -2.05. The van der Waals surface area contributed by atoms with Crippen LogP contribution < -0.4 is 10.5 Å². The first-order valence-electron chi connectivity index (χ1n) is 6.29. The van der Waals surface area contributed by atoms with Crippen molar-refractivity contribution in [1.82, 2.24) is 0 Å². The first kappa shape index (κ1) is 13.1. The van der Waals surface area contributed by atoms with Gasteiger partial charge in [0.05, 0.1) is 6.61 Å². The lowest BCUT2D eigenvalue weighted by molar-refractivity contribution is 0.0993. The molecule has 0 saturated carbocycles. The van der Waals surface area contributed by atoms with Gasteiger partial charge >= 0.3 is 0 Å². The quantitative estimate of drug-likeness (QED) is 0.659. The highest BCUT2D eigenvalue weighted by atomic mass is 16.5. The van der Waals surface area contributed by atoms with Gasteiger partial charge in [-0.05, 0) is 48.9 Å². The summed E-state index contributed by atoms with van der Waals surface area (Å²) in [6.07, 6.45) is 0.383. The highest BCUT2D eigenvalue weighted by Gasteiger charge is 2.07. The molecule has 2 aromatic rings. The minimum Gasteiger partial charge on any atom is -0.494 e. The summed E-state index contributed by atoms with van der Waals surface area (Å²) in [5.41, 5.74) is 7.98. The largest absolute Gasteiger partial charge is 0.494 e. The number of benzene rings is 2. The van der Waals surface area contributed by atoms with Crippen molar-refractivity contribution in [2.24, 2.45) is 0 Å². The fourth-order valence-electron chi connectivity index (χ4n) is 1.83. The lowest BCUT2D eigenvalue weighted by Crippen LogP contribution is -2.03. The molecule has 2 aromatic carbocycles. The third-order valence-corrected chi connectivity index (χ3v) is 2.83. The van der Waals surface area contributed by atoms with Crippen LogP contribution in [0.4, 0.5) is 5.69 Å². The number of anilines is 1. The Kier molecular flexibility index (Phi) is 4.18. The summed E-state index contributed by atoms with van der Waals surface area (Å²) in [5.74, 6) is 0.874. The number of ketones is 1. The van der Waals surface area contributed by atoms with Crippen LogP contribution >= 0.6 is 0 Å². The molecule has 0 aliphatic carbocycles. The number of ether oxygens (including phenoxy) is 1. The molecule has 0 aliphatic heterocycles. The number of rotatable bonds is 5. The maximum absolute atomic E-state index is 12.1. The van der Waals surface area contributed by atoms with E-state index in [-0.39, 0.29) is 5.78 Å². The molecule has 19 heavy (non-hydrogen) atoms. The first-order chi connectivity index (χ1) is 9.19. The van der Waals surface area contributed by atoms with Gasteiger partial charge in [-0.3, -0.25) is 4.79 Å². The molecular formula is C16H17NO2. The van der Waals surface area contributed by atoms with Crippen molar-refractivity contribution in [3.63, 3.8) is 0 Å². The number of carbonyl (C=O) groups excluding carboxylic acids is 1. The Morgan fingerprint density at radius 3 is 2.26 bits per heavy atom. The SMILES string of the molecule is CCOc1ccc(C(=O)Cc2ccc(N)cc2)cc1. The van der Waals surface area contributed by atoms with Crippen LogP contribution in [0.1, 0.15) is 22.8 Å². The first-order valence-corrected chi connectivity index (χ1v) is 6.29. The van der Waals surface area contributed by atoms with Crippen molar-refractivity contribution >= 4 is 11.5 Å². The molecule has 0 unspecified atom stereocenters. The van der Waals surface area contributed by atoms with Gasteiger partial charge in [0.1, 0.15) is 5.75 Å². The molecule has 0 amide bonds. The standard InChI is InChI=1S/C16H17NO2/c1-2-19-15-9-5-13(6-10-15)16(18)11-12-3-7-14(17)8-4-12/h3-10H,2,11,17H2,1H3. The second-order valence-electron chi connectivity index (χ2n) is 4.30. The number of Topliss-reactive ketones (excluding diaryl/α,β-unsaturated/α-hetero) is 1. The van der Waals surface area contributed by atoms with Gasteiger partial charge in [0.15, 0.2) is 5.78 Å². The fraction of sp³-hybridized carbons (Fsp3) is 0.188. The summed E-state index contributed by atoms with van der Waals surface area (Å²) in [6.45, 7) is 2.55. The van der Waals surface area contributed by atoms with E-state index in [0.717, 1.165) is 11.3 Å². The van der Waals surface area contributed by atoms with E-state index in [1.165, 1.54) is 0 Å². The molecule has 2 N–H and O–H groups in total. The van der Waals surface area contributed by atoms with Crippen LogP contribution in [0.25, 0.3) is 0 Å². The van der Waals surface area contributed by atoms with Gasteiger partial charge in [0, 0.05) is 17.7 Å². The number of nitrogen functional groups attached to an aromatic ring is 1. The van der Waals surface area contributed by atoms with Crippen LogP contribution in [0, 0.1) is 0 Å². The molecule has 3 nitrogen and oxygen atoms in total. The predicted molar refractivity (Wildman–Crippen MR) is 76.5 cm³/mol. The van der Waals surface area contributed by atoms with Crippen LogP contribution in [0.3, 0.4) is 0 Å². The van der Waals surface area contributed by atoms with Crippen LogP contribution in [-0.2, 0) is 6.42 Å². The molecule has 0 atom stereocenters. The second-order valence-corrected chi connectivity index (χ2v) is 4.30. The van der Waals surface area contributed by atoms with Crippen LogP contribution in [0.15, 0.2) is 48.5 Å². The lowest BCUT2D eigenvalue weighted by atomic mass is 10.0. The van der Waals surface area contributed by atoms with Gasteiger partial charge in [-0.2, -0.15) is 0 Å². The van der Waals surface area contributed by atoms with Crippen LogP contribution in [-0.4, -0.2) is 12.4 Å². The minimum atomic E-state index is 0.0906. The smallest absolute Gasteiger partial charge is 0.167 e. The van der Waals surface area contributed by atoms with Crippen LogP contribution in [0.5, 0.6) is 5.75 Å². The molecule has 0 fully saturated rings. The van der Waals surface area contributed by atoms with E-state index < -0.39 is 0 Å². The molecule has 0 heterocycles. The summed E-state index contributed by atoms with van der Waals surface area (Å²) >= 11 is 0. The highest BCUT2D eigenvalue weighted by molar-refractivity contribution is 5.97. The van der Waals surface area contributed by atoms with Crippen molar-refractivity contribution in [3.05, 3.63) is 59.7 Å². The van der Waals surface area contributed by atoms with Crippen molar-refractivity contribution in [2.45, 2.75) is 13.3 Å². The molecular weight excluding hydrogens is 238 g/mol. The van der Waals surface area contributed by atoms with E-state index >= 15 is 0 Å². The second kappa shape index (κ2) is 6.05. The zero-order valence-corrected chi connectivity index (χ0v) is 10.9. The minimum absolute atomic E-state index is 0.0906. The Morgan fingerprint density at radius 1 is 1.05 bits per heavy atom. The van der Waals surface area contributed by atoms with Gasteiger partial charge in [0.25, 0.3) is 0 Å². The molecule has 98 valence electrons. The average molecular weight is 255 g/mol. The normalized spacial score (nSPS) is 10.2. The Bertz CT molecular complexity index is 544. The summed E-state index contributed by atoms with van der Waals surface area (Å²) in [6, 6.07) is 14.6. The summed E-state index contributed by atoms with van der Waals surface area (Å²) < 4.78 is 5.35. The molecule has 0 bridgehead atoms. The molecule has 0 aliphatic rings. The summed E-state index contributed by atoms with van der Waals surface area (Å²) in [5, 5.41) is 0. The van der Waals surface area contributed by atoms with Gasteiger partial charge in [-0.15, -0.1) is 0 Å². The molecule has 0 radical (unpaired) electrons. The maximum Gasteiger partial charge on any atom is 0.167 e. The van der Waals surface area contributed by atoms with E-state index in [4.69, 9.17) is 10.5 Å². The van der Waals surface area contributed by atoms with E-state index in [9.17, 15) is 4.79 Å². The maximum atomic E-state index is 12.1. The fourth-order valence-corrected chi connectivity index (χ4v) is 1.83. The Morgan fingerprint density at radius 2 is 1.68 bits per heavy atom. The van der Waals surface area contributed by atoms with E-state index in [2.05, 4.69) is 0 Å².